The molecule has 2 heteroatoms. The van der Waals surface area contributed by atoms with Crippen LogP contribution in [0.25, 0.3) is 10.8 Å². The molecule has 0 fully saturated rings. The second kappa shape index (κ2) is 5.96. The molecule has 2 aromatic rings. The van der Waals surface area contributed by atoms with E-state index in [0.717, 1.165) is 12.1 Å². The van der Waals surface area contributed by atoms with Crippen molar-refractivity contribution in [3.63, 3.8) is 0 Å². The van der Waals surface area contributed by atoms with Gasteiger partial charge in [0.1, 0.15) is 0 Å². The second-order valence-corrected chi connectivity index (χ2v) is 4.94. The molecule has 2 nitrogen and oxygen atoms in total. The second-order valence-electron chi connectivity index (χ2n) is 4.94. The fourth-order valence-electron chi connectivity index (χ4n) is 2.53. The number of pyridine rings is 1. The number of hydrogen-bond donors (Lipinski definition) is 1. The van der Waals surface area contributed by atoms with Crippen molar-refractivity contribution in [1.82, 2.24) is 4.98 Å². The van der Waals surface area contributed by atoms with Gasteiger partial charge in [-0.1, -0.05) is 51.0 Å². The Bertz CT molecular complexity index is 498. The molecule has 0 bridgehead atoms. The number of aromatic nitrogens is 1. The van der Waals surface area contributed by atoms with Gasteiger partial charge in [-0.2, -0.15) is 0 Å². The van der Waals surface area contributed by atoms with Crippen LogP contribution in [0.1, 0.15) is 44.8 Å². The zero-order chi connectivity index (χ0) is 13.0. The Morgan fingerprint density at radius 2 is 1.83 bits per heavy atom. The maximum atomic E-state index is 6.35. The molecule has 1 heterocycles. The van der Waals surface area contributed by atoms with E-state index in [2.05, 4.69) is 43.1 Å². The standard InChI is InChI=1S/C16H22N2/c1-3-12(4-2)11-15(17)16-14-8-6-5-7-13(14)9-10-18-16/h5-10,12,15H,3-4,11,17H2,1-2H3. The molecule has 0 saturated carbocycles. The van der Waals surface area contributed by atoms with E-state index in [-0.39, 0.29) is 6.04 Å². The van der Waals surface area contributed by atoms with Crippen LogP contribution in [0.2, 0.25) is 0 Å². The number of nitrogens with zero attached hydrogens (tertiary/aromatic N) is 1. The summed E-state index contributed by atoms with van der Waals surface area (Å²) in [6.45, 7) is 4.47. The average Bonchev–Trinajstić information content (AvgIpc) is 2.43. The van der Waals surface area contributed by atoms with Gasteiger partial charge in [0.05, 0.1) is 5.69 Å². The van der Waals surface area contributed by atoms with Crippen molar-refractivity contribution in [2.45, 2.75) is 39.2 Å². The highest BCUT2D eigenvalue weighted by Crippen LogP contribution is 2.27. The molecule has 2 N–H and O–H groups in total. The van der Waals surface area contributed by atoms with Crippen LogP contribution in [-0.4, -0.2) is 4.98 Å². The van der Waals surface area contributed by atoms with Crippen molar-refractivity contribution < 1.29 is 0 Å². The normalized spacial score (nSPS) is 13.1. The van der Waals surface area contributed by atoms with Crippen LogP contribution in [0.4, 0.5) is 0 Å². The first-order valence-corrected chi connectivity index (χ1v) is 6.85. The zero-order valence-corrected chi connectivity index (χ0v) is 11.3. The van der Waals surface area contributed by atoms with E-state index in [9.17, 15) is 0 Å². The SMILES string of the molecule is CCC(CC)CC(N)c1nccc2ccccc12. The van der Waals surface area contributed by atoms with E-state index in [1.54, 1.807) is 0 Å². The largest absolute Gasteiger partial charge is 0.323 e. The molecular formula is C16H22N2. The fraction of sp³-hybridized carbons (Fsp3) is 0.438. The molecule has 0 amide bonds. The molecule has 1 aromatic heterocycles. The summed E-state index contributed by atoms with van der Waals surface area (Å²) < 4.78 is 0. The summed E-state index contributed by atoms with van der Waals surface area (Å²) in [5, 5.41) is 2.42. The van der Waals surface area contributed by atoms with E-state index in [4.69, 9.17) is 5.73 Å². The smallest absolute Gasteiger partial charge is 0.0649 e. The number of fused-ring (bicyclic) bond motifs is 1. The molecule has 2 rings (SSSR count). The van der Waals surface area contributed by atoms with Crippen LogP contribution in [0.15, 0.2) is 36.5 Å². The molecule has 0 aliphatic heterocycles. The minimum atomic E-state index is 0.0426. The Kier molecular flexibility index (Phi) is 4.32. The Labute approximate surface area is 109 Å². The lowest BCUT2D eigenvalue weighted by atomic mass is 9.92. The van der Waals surface area contributed by atoms with E-state index < -0.39 is 0 Å². The molecule has 0 aliphatic carbocycles. The van der Waals surface area contributed by atoms with Gasteiger partial charge in [-0.3, -0.25) is 4.98 Å². The molecule has 0 radical (unpaired) electrons. The first kappa shape index (κ1) is 13.0. The first-order valence-electron chi connectivity index (χ1n) is 6.85. The van der Waals surface area contributed by atoms with E-state index in [1.807, 2.05) is 12.3 Å². The Morgan fingerprint density at radius 1 is 1.11 bits per heavy atom. The molecule has 1 aromatic carbocycles. The van der Waals surface area contributed by atoms with Gasteiger partial charge in [-0.25, -0.2) is 0 Å². The lowest BCUT2D eigenvalue weighted by molar-refractivity contribution is 0.412. The monoisotopic (exact) mass is 242 g/mol. The maximum absolute atomic E-state index is 6.35. The van der Waals surface area contributed by atoms with Crippen molar-refractivity contribution >= 4 is 10.8 Å². The predicted octanol–water partition coefficient (Wildman–Crippen LogP) is 4.06. The molecule has 96 valence electrons. The first-order chi connectivity index (χ1) is 8.76. The summed E-state index contributed by atoms with van der Waals surface area (Å²) >= 11 is 0. The highest BCUT2D eigenvalue weighted by Gasteiger charge is 2.15. The zero-order valence-electron chi connectivity index (χ0n) is 11.3. The summed E-state index contributed by atoms with van der Waals surface area (Å²) in [5.41, 5.74) is 7.39. The molecular weight excluding hydrogens is 220 g/mol. The summed E-state index contributed by atoms with van der Waals surface area (Å²) in [6, 6.07) is 10.4. The topological polar surface area (TPSA) is 38.9 Å². The third-order valence-corrected chi connectivity index (χ3v) is 3.80. The van der Waals surface area contributed by atoms with E-state index in [0.29, 0.717) is 5.92 Å². The van der Waals surface area contributed by atoms with Gasteiger partial charge in [0, 0.05) is 17.6 Å². The molecule has 0 spiro atoms. The minimum absolute atomic E-state index is 0.0426. The van der Waals surface area contributed by atoms with Crippen LogP contribution in [-0.2, 0) is 0 Å². The summed E-state index contributed by atoms with van der Waals surface area (Å²) in [5.74, 6) is 0.695. The lowest BCUT2D eigenvalue weighted by Gasteiger charge is -2.19. The van der Waals surface area contributed by atoms with Gasteiger partial charge in [0.15, 0.2) is 0 Å². The van der Waals surface area contributed by atoms with Crippen molar-refractivity contribution in [3.8, 4) is 0 Å². The van der Waals surface area contributed by atoms with Gasteiger partial charge in [-0.15, -0.1) is 0 Å². The molecule has 18 heavy (non-hydrogen) atoms. The van der Waals surface area contributed by atoms with Crippen LogP contribution in [0.5, 0.6) is 0 Å². The minimum Gasteiger partial charge on any atom is -0.323 e. The quantitative estimate of drug-likeness (QED) is 0.858. The van der Waals surface area contributed by atoms with Crippen LogP contribution >= 0.6 is 0 Å². The molecule has 0 aliphatic rings. The third kappa shape index (κ3) is 2.70. The van der Waals surface area contributed by atoms with Crippen molar-refractivity contribution in [2.24, 2.45) is 11.7 Å². The van der Waals surface area contributed by atoms with Crippen molar-refractivity contribution in [2.75, 3.05) is 0 Å². The summed E-state index contributed by atoms with van der Waals surface area (Å²) in [6.07, 6.45) is 5.27. The Hall–Kier alpha value is -1.41. The lowest BCUT2D eigenvalue weighted by Crippen LogP contribution is -2.16. The van der Waals surface area contributed by atoms with Crippen LogP contribution in [0, 0.1) is 5.92 Å². The highest BCUT2D eigenvalue weighted by atomic mass is 14.8. The molecule has 0 saturated heterocycles. The van der Waals surface area contributed by atoms with Crippen LogP contribution < -0.4 is 5.73 Å². The van der Waals surface area contributed by atoms with Gasteiger partial charge in [0.25, 0.3) is 0 Å². The Morgan fingerprint density at radius 3 is 2.56 bits per heavy atom. The number of rotatable bonds is 5. The highest BCUT2D eigenvalue weighted by molar-refractivity contribution is 5.84. The maximum Gasteiger partial charge on any atom is 0.0649 e. The average molecular weight is 242 g/mol. The van der Waals surface area contributed by atoms with E-state index in [1.165, 1.54) is 23.6 Å². The fourth-order valence-corrected chi connectivity index (χ4v) is 2.53. The predicted molar refractivity (Wildman–Crippen MR) is 77.4 cm³/mol. The van der Waals surface area contributed by atoms with Crippen LogP contribution in [0.3, 0.4) is 0 Å². The summed E-state index contributed by atoms with van der Waals surface area (Å²) in [7, 11) is 0. The van der Waals surface area contributed by atoms with Gasteiger partial charge in [-0.05, 0) is 23.8 Å². The number of benzene rings is 1. The van der Waals surface area contributed by atoms with Gasteiger partial charge in [0.2, 0.25) is 0 Å². The summed E-state index contributed by atoms with van der Waals surface area (Å²) in [4.78, 5) is 4.50. The van der Waals surface area contributed by atoms with E-state index >= 15 is 0 Å². The number of nitrogens with two attached hydrogens (primary N) is 1. The molecule has 1 unspecified atom stereocenters. The van der Waals surface area contributed by atoms with Gasteiger partial charge < -0.3 is 5.73 Å². The molecule has 1 atom stereocenters. The van der Waals surface area contributed by atoms with Crippen molar-refractivity contribution in [3.05, 3.63) is 42.2 Å². The third-order valence-electron chi connectivity index (χ3n) is 3.80. The van der Waals surface area contributed by atoms with Gasteiger partial charge >= 0.3 is 0 Å². The number of hydrogen-bond acceptors (Lipinski definition) is 2. The Balaban J connectivity index is 2.30. The van der Waals surface area contributed by atoms with Crippen molar-refractivity contribution in [1.29, 1.82) is 0 Å².